The van der Waals surface area contributed by atoms with E-state index in [1.165, 1.54) is 7.11 Å². The average molecular weight is 270 g/mol. The molecular weight excluding hydrogens is 251 g/mol. The Hall–Kier alpha value is -0.780. The van der Waals surface area contributed by atoms with Crippen LogP contribution in [0.5, 0.6) is 5.75 Å². The number of rotatable bonds is 4. The van der Waals surface area contributed by atoms with Crippen LogP contribution in [0.2, 0.25) is 0 Å². The van der Waals surface area contributed by atoms with Gasteiger partial charge < -0.3 is 4.74 Å². The zero-order valence-electron chi connectivity index (χ0n) is 10.7. The van der Waals surface area contributed by atoms with Crippen molar-refractivity contribution in [2.45, 2.75) is 30.6 Å². The highest BCUT2D eigenvalue weighted by Crippen LogP contribution is 2.47. The van der Waals surface area contributed by atoms with Crippen molar-refractivity contribution in [1.29, 1.82) is 0 Å². The molecule has 3 N–H and O–H groups in total. The molecule has 0 amide bonds. The van der Waals surface area contributed by atoms with Gasteiger partial charge in [-0.05, 0) is 31.6 Å². The van der Waals surface area contributed by atoms with Crippen molar-refractivity contribution in [2.75, 3.05) is 12.9 Å². The first-order valence-corrected chi connectivity index (χ1v) is 7.03. The predicted octanol–water partition coefficient (Wildman–Crippen LogP) is 2.62. The summed E-state index contributed by atoms with van der Waals surface area (Å²) in [4.78, 5) is 0. The lowest BCUT2D eigenvalue weighted by Gasteiger charge is -2.33. The molecule has 0 aromatic heterocycles. The second kappa shape index (κ2) is 5.47. The van der Waals surface area contributed by atoms with Crippen molar-refractivity contribution in [3.05, 3.63) is 29.6 Å². The molecule has 1 saturated heterocycles. The van der Waals surface area contributed by atoms with Gasteiger partial charge in [-0.25, -0.2) is 4.39 Å². The highest BCUT2D eigenvalue weighted by Gasteiger charge is 2.39. The molecule has 1 heterocycles. The van der Waals surface area contributed by atoms with Crippen LogP contribution in [-0.4, -0.2) is 17.6 Å². The van der Waals surface area contributed by atoms with E-state index in [0.29, 0.717) is 5.56 Å². The van der Waals surface area contributed by atoms with E-state index in [-0.39, 0.29) is 22.4 Å². The molecule has 2 atom stereocenters. The Kier molecular flexibility index (Phi) is 4.14. The van der Waals surface area contributed by atoms with E-state index in [1.54, 1.807) is 18.2 Å². The molecule has 0 spiro atoms. The van der Waals surface area contributed by atoms with Crippen LogP contribution in [0.15, 0.2) is 18.2 Å². The third-order valence-electron chi connectivity index (χ3n) is 3.55. The Morgan fingerprint density at radius 1 is 1.56 bits per heavy atom. The second-order valence-electron chi connectivity index (χ2n) is 4.73. The van der Waals surface area contributed by atoms with E-state index >= 15 is 0 Å². The van der Waals surface area contributed by atoms with Crippen LogP contribution in [0.4, 0.5) is 4.39 Å². The predicted molar refractivity (Wildman–Crippen MR) is 73.1 cm³/mol. The maximum absolute atomic E-state index is 14.3. The lowest BCUT2D eigenvalue weighted by atomic mass is 9.90. The first kappa shape index (κ1) is 13.6. The average Bonchev–Trinajstić information content (AvgIpc) is 2.80. The minimum absolute atomic E-state index is 0.0675. The molecule has 2 rings (SSSR count). The fourth-order valence-electron chi connectivity index (χ4n) is 2.53. The lowest BCUT2D eigenvalue weighted by molar-refractivity contribution is 0.367. The van der Waals surface area contributed by atoms with Crippen LogP contribution in [0, 0.1) is 5.82 Å². The Bertz CT molecular complexity index is 421. The Balaban J connectivity index is 2.38. The van der Waals surface area contributed by atoms with Gasteiger partial charge in [-0.3, -0.25) is 11.3 Å². The second-order valence-corrected chi connectivity index (χ2v) is 6.36. The molecule has 1 fully saturated rings. The summed E-state index contributed by atoms with van der Waals surface area (Å²) in [6.45, 7) is 2.13. The van der Waals surface area contributed by atoms with Crippen LogP contribution in [0.3, 0.4) is 0 Å². The van der Waals surface area contributed by atoms with Crippen molar-refractivity contribution in [3.63, 3.8) is 0 Å². The Morgan fingerprint density at radius 3 is 2.89 bits per heavy atom. The maximum Gasteiger partial charge on any atom is 0.169 e. The minimum atomic E-state index is -0.323. The largest absolute Gasteiger partial charge is 0.494 e. The quantitative estimate of drug-likeness (QED) is 0.652. The van der Waals surface area contributed by atoms with Crippen molar-refractivity contribution < 1.29 is 9.13 Å². The van der Waals surface area contributed by atoms with Crippen molar-refractivity contribution >= 4 is 11.8 Å². The summed E-state index contributed by atoms with van der Waals surface area (Å²) in [5, 5.41) is 0. The van der Waals surface area contributed by atoms with Gasteiger partial charge in [0.25, 0.3) is 0 Å². The number of nitrogens with two attached hydrogens (primary N) is 1. The zero-order chi connectivity index (χ0) is 13.2. The number of hydrazine groups is 1. The summed E-state index contributed by atoms with van der Waals surface area (Å²) >= 11 is 1.84. The van der Waals surface area contributed by atoms with Crippen LogP contribution < -0.4 is 16.0 Å². The number of hydrogen-bond donors (Lipinski definition) is 2. The first-order chi connectivity index (χ1) is 8.62. The molecule has 1 aromatic carbocycles. The smallest absolute Gasteiger partial charge is 0.169 e. The van der Waals surface area contributed by atoms with Crippen LogP contribution in [0.1, 0.15) is 31.4 Å². The molecule has 0 radical (unpaired) electrons. The van der Waals surface area contributed by atoms with E-state index in [4.69, 9.17) is 10.6 Å². The number of ether oxygens (including phenoxy) is 1. The van der Waals surface area contributed by atoms with Crippen LogP contribution in [-0.2, 0) is 0 Å². The topological polar surface area (TPSA) is 47.3 Å². The number of hydrogen-bond acceptors (Lipinski definition) is 4. The monoisotopic (exact) mass is 270 g/mol. The SMILES string of the molecule is COc1cccc(C(NN)C2(C)CCCS2)c1F. The summed E-state index contributed by atoms with van der Waals surface area (Å²) in [6, 6.07) is 4.98. The molecule has 5 heteroatoms. The number of halogens is 1. The molecule has 18 heavy (non-hydrogen) atoms. The van der Waals surface area contributed by atoms with Crippen molar-refractivity contribution in [1.82, 2.24) is 5.43 Å². The molecule has 1 aliphatic heterocycles. The van der Waals surface area contributed by atoms with E-state index in [0.717, 1.165) is 18.6 Å². The fourth-order valence-corrected chi connectivity index (χ4v) is 3.94. The summed E-state index contributed by atoms with van der Waals surface area (Å²) in [5.41, 5.74) is 3.35. The van der Waals surface area contributed by atoms with Gasteiger partial charge in [0.2, 0.25) is 0 Å². The van der Waals surface area contributed by atoms with Gasteiger partial charge >= 0.3 is 0 Å². The van der Waals surface area contributed by atoms with E-state index in [2.05, 4.69) is 12.3 Å². The molecule has 3 nitrogen and oxygen atoms in total. The van der Waals surface area contributed by atoms with Crippen molar-refractivity contribution in [2.24, 2.45) is 5.84 Å². The Morgan fingerprint density at radius 2 is 2.33 bits per heavy atom. The molecule has 100 valence electrons. The summed E-state index contributed by atoms with van der Waals surface area (Å²) in [6.07, 6.45) is 2.17. The summed E-state index contributed by atoms with van der Waals surface area (Å²) in [5.74, 6) is 6.70. The molecule has 0 bridgehead atoms. The highest BCUT2D eigenvalue weighted by molar-refractivity contribution is 8.00. The maximum atomic E-state index is 14.3. The summed E-state index contributed by atoms with van der Waals surface area (Å²) < 4.78 is 19.3. The standard InChI is InChI=1S/C13H19FN2OS/c1-13(7-4-8-18-13)12(16-15)9-5-3-6-10(17-2)11(9)14/h3,5-6,12,16H,4,7-8,15H2,1-2H3. The first-order valence-electron chi connectivity index (χ1n) is 6.05. The Labute approximate surface area is 111 Å². The highest BCUT2D eigenvalue weighted by atomic mass is 32.2. The minimum Gasteiger partial charge on any atom is -0.494 e. The van der Waals surface area contributed by atoms with Gasteiger partial charge in [0.1, 0.15) is 0 Å². The molecular formula is C13H19FN2OS. The third kappa shape index (κ3) is 2.35. The molecule has 2 unspecified atom stereocenters. The zero-order valence-corrected chi connectivity index (χ0v) is 11.5. The molecule has 0 aliphatic carbocycles. The van der Waals surface area contributed by atoms with Gasteiger partial charge in [-0.1, -0.05) is 12.1 Å². The number of benzene rings is 1. The molecule has 1 aromatic rings. The van der Waals surface area contributed by atoms with Gasteiger partial charge in [-0.15, -0.1) is 0 Å². The number of nitrogens with one attached hydrogen (secondary N) is 1. The van der Waals surface area contributed by atoms with Crippen LogP contribution in [0.25, 0.3) is 0 Å². The van der Waals surface area contributed by atoms with Gasteiger partial charge in [0, 0.05) is 10.3 Å². The van der Waals surface area contributed by atoms with Gasteiger partial charge in [0.05, 0.1) is 13.2 Å². The van der Waals surface area contributed by atoms with Gasteiger partial charge in [-0.2, -0.15) is 11.8 Å². The summed E-state index contributed by atoms with van der Waals surface area (Å²) in [7, 11) is 1.47. The van der Waals surface area contributed by atoms with Crippen LogP contribution >= 0.6 is 11.8 Å². The third-order valence-corrected chi connectivity index (χ3v) is 5.14. The normalized spacial score (nSPS) is 25.1. The van der Waals surface area contributed by atoms with Crippen molar-refractivity contribution in [3.8, 4) is 5.75 Å². The van der Waals surface area contributed by atoms with E-state index < -0.39 is 0 Å². The van der Waals surface area contributed by atoms with Gasteiger partial charge in [0.15, 0.2) is 11.6 Å². The molecule has 0 saturated carbocycles. The molecule has 1 aliphatic rings. The number of methoxy groups -OCH3 is 1. The van der Waals surface area contributed by atoms with E-state index in [9.17, 15) is 4.39 Å². The van der Waals surface area contributed by atoms with E-state index in [1.807, 2.05) is 11.8 Å². The number of thioether (sulfide) groups is 1. The fraction of sp³-hybridized carbons (Fsp3) is 0.538. The lowest BCUT2D eigenvalue weighted by Crippen LogP contribution is -2.41.